The zero-order chi connectivity index (χ0) is 19.4. The Kier molecular flexibility index (Phi) is 6.08. The van der Waals surface area contributed by atoms with Gasteiger partial charge in [-0.05, 0) is 43.2 Å². The second-order valence-corrected chi connectivity index (χ2v) is 7.24. The summed E-state index contributed by atoms with van der Waals surface area (Å²) in [4.78, 5) is 27.5. The van der Waals surface area contributed by atoms with Gasteiger partial charge in [0.15, 0.2) is 0 Å². The number of benzene rings is 2. The first kappa shape index (κ1) is 19.3. The summed E-state index contributed by atoms with van der Waals surface area (Å²) in [6.45, 7) is 5.53. The summed E-state index contributed by atoms with van der Waals surface area (Å²) in [6.07, 6.45) is 0.894. The van der Waals surface area contributed by atoms with Crippen LogP contribution in [0.1, 0.15) is 27.9 Å². The molecule has 27 heavy (non-hydrogen) atoms. The molecule has 1 fully saturated rings. The van der Waals surface area contributed by atoms with Crippen LogP contribution in [0.25, 0.3) is 0 Å². The van der Waals surface area contributed by atoms with Crippen molar-refractivity contribution in [3.8, 4) is 0 Å². The van der Waals surface area contributed by atoms with E-state index in [4.69, 9.17) is 11.6 Å². The molecule has 0 atom stereocenters. The summed E-state index contributed by atoms with van der Waals surface area (Å²) in [6, 6.07) is 12.4. The maximum atomic E-state index is 12.8. The van der Waals surface area contributed by atoms with Crippen LogP contribution in [0.2, 0.25) is 5.02 Å². The molecule has 1 aliphatic heterocycles. The third-order valence-corrected chi connectivity index (χ3v) is 5.09. The Morgan fingerprint density at radius 1 is 1.11 bits per heavy atom. The number of nitrogens with zero attached hydrogens (tertiary/aromatic N) is 3. The first-order valence-corrected chi connectivity index (χ1v) is 9.33. The van der Waals surface area contributed by atoms with Crippen molar-refractivity contribution < 1.29 is 9.72 Å². The van der Waals surface area contributed by atoms with Gasteiger partial charge in [0, 0.05) is 54.9 Å². The number of rotatable bonds is 4. The molecule has 0 spiro atoms. The average molecular weight is 388 g/mol. The third kappa shape index (κ3) is 4.84. The minimum Gasteiger partial charge on any atom is -0.337 e. The van der Waals surface area contributed by atoms with Crippen molar-refractivity contribution in [2.45, 2.75) is 19.9 Å². The maximum absolute atomic E-state index is 12.8. The summed E-state index contributed by atoms with van der Waals surface area (Å²) in [5, 5.41) is 11.7. The van der Waals surface area contributed by atoms with Crippen LogP contribution in [-0.2, 0) is 6.54 Å². The lowest BCUT2D eigenvalue weighted by atomic mass is 10.1. The van der Waals surface area contributed by atoms with Gasteiger partial charge in [0.25, 0.3) is 11.6 Å². The molecular weight excluding hydrogens is 366 g/mol. The van der Waals surface area contributed by atoms with E-state index in [9.17, 15) is 14.9 Å². The molecule has 0 aliphatic carbocycles. The van der Waals surface area contributed by atoms with E-state index in [1.807, 2.05) is 29.2 Å². The zero-order valence-corrected chi connectivity index (χ0v) is 16.0. The molecule has 142 valence electrons. The van der Waals surface area contributed by atoms with E-state index < -0.39 is 4.92 Å². The topological polar surface area (TPSA) is 66.7 Å². The molecule has 1 aliphatic rings. The zero-order valence-electron chi connectivity index (χ0n) is 15.2. The fourth-order valence-electron chi connectivity index (χ4n) is 3.36. The van der Waals surface area contributed by atoms with Gasteiger partial charge in [-0.3, -0.25) is 19.8 Å². The summed E-state index contributed by atoms with van der Waals surface area (Å²) >= 11 is 5.94. The van der Waals surface area contributed by atoms with Gasteiger partial charge < -0.3 is 4.90 Å². The highest BCUT2D eigenvalue weighted by atomic mass is 35.5. The van der Waals surface area contributed by atoms with Gasteiger partial charge in [0.2, 0.25) is 0 Å². The molecule has 0 radical (unpaired) electrons. The van der Waals surface area contributed by atoms with Gasteiger partial charge in [-0.25, -0.2) is 0 Å². The molecule has 2 aromatic rings. The highest BCUT2D eigenvalue weighted by Gasteiger charge is 2.22. The minimum atomic E-state index is -0.426. The molecule has 1 amide bonds. The summed E-state index contributed by atoms with van der Waals surface area (Å²) in [5.74, 6) is -0.0682. The van der Waals surface area contributed by atoms with Crippen LogP contribution in [0, 0.1) is 17.0 Å². The highest BCUT2D eigenvalue weighted by Crippen LogP contribution is 2.20. The fourth-order valence-corrected chi connectivity index (χ4v) is 3.48. The number of aryl methyl sites for hydroxylation is 1. The lowest BCUT2D eigenvalue weighted by Gasteiger charge is -2.22. The van der Waals surface area contributed by atoms with E-state index >= 15 is 0 Å². The van der Waals surface area contributed by atoms with Crippen molar-refractivity contribution in [3.63, 3.8) is 0 Å². The smallest absolute Gasteiger partial charge is 0.272 e. The van der Waals surface area contributed by atoms with Crippen molar-refractivity contribution >= 4 is 23.2 Å². The van der Waals surface area contributed by atoms with E-state index in [-0.39, 0.29) is 11.6 Å². The van der Waals surface area contributed by atoms with Crippen molar-refractivity contribution in [2.24, 2.45) is 0 Å². The Bertz CT molecular complexity index is 839. The predicted octanol–water partition coefficient (Wildman–Crippen LogP) is 3.90. The number of nitro benzene ring substituents is 1. The SMILES string of the molecule is Cc1cc(C(=O)N2CCCN(Cc3ccc(Cl)cc3)CC2)ccc1[N+](=O)[O-]. The molecule has 0 bridgehead atoms. The van der Waals surface area contributed by atoms with E-state index in [1.165, 1.54) is 11.6 Å². The van der Waals surface area contributed by atoms with Crippen LogP contribution in [0.15, 0.2) is 42.5 Å². The van der Waals surface area contributed by atoms with Gasteiger partial charge >= 0.3 is 0 Å². The lowest BCUT2D eigenvalue weighted by Crippen LogP contribution is -2.35. The summed E-state index contributed by atoms with van der Waals surface area (Å²) in [7, 11) is 0. The van der Waals surface area contributed by atoms with Crippen molar-refractivity contribution in [1.29, 1.82) is 0 Å². The van der Waals surface area contributed by atoms with E-state index in [0.717, 1.165) is 31.1 Å². The molecule has 0 N–H and O–H groups in total. The van der Waals surface area contributed by atoms with Crippen molar-refractivity contribution in [1.82, 2.24) is 9.80 Å². The Balaban J connectivity index is 1.63. The maximum Gasteiger partial charge on any atom is 0.272 e. The number of hydrogen-bond donors (Lipinski definition) is 0. The Morgan fingerprint density at radius 2 is 1.85 bits per heavy atom. The molecule has 6 nitrogen and oxygen atoms in total. The molecule has 0 saturated carbocycles. The van der Waals surface area contributed by atoms with Crippen LogP contribution >= 0.6 is 11.6 Å². The van der Waals surface area contributed by atoms with Crippen molar-refractivity contribution in [3.05, 3.63) is 74.3 Å². The Hall–Kier alpha value is -2.44. The second kappa shape index (κ2) is 8.50. The number of hydrogen-bond acceptors (Lipinski definition) is 4. The number of carbonyl (C=O) groups is 1. The van der Waals surface area contributed by atoms with Gasteiger partial charge in [-0.2, -0.15) is 0 Å². The van der Waals surface area contributed by atoms with E-state index in [0.29, 0.717) is 24.2 Å². The third-order valence-electron chi connectivity index (χ3n) is 4.84. The molecule has 3 rings (SSSR count). The first-order chi connectivity index (χ1) is 12.9. The van der Waals surface area contributed by atoms with Crippen LogP contribution in [0.3, 0.4) is 0 Å². The lowest BCUT2D eigenvalue weighted by molar-refractivity contribution is -0.385. The molecule has 0 unspecified atom stereocenters. The normalized spacial score (nSPS) is 15.4. The summed E-state index contributed by atoms with van der Waals surface area (Å²) in [5.41, 5.74) is 2.25. The first-order valence-electron chi connectivity index (χ1n) is 8.95. The predicted molar refractivity (Wildman–Crippen MR) is 105 cm³/mol. The Morgan fingerprint density at radius 3 is 2.52 bits per heavy atom. The number of amides is 1. The number of nitro groups is 1. The monoisotopic (exact) mass is 387 g/mol. The highest BCUT2D eigenvalue weighted by molar-refractivity contribution is 6.30. The van der Waals surface area contributed by atoms with Crippen LogP contribution in [0.5, 0.6) is 0 Å². The quantitative estimate of drug-likeness (QED) is 0.589. The van der Waals surface area contributed by atoms with Gasteiger partial charge in [-0.1, -0.05) is 23.7 Å². The average Bonchev–Trinajstić information content (AvgIpc) is 2.88. The molecule has 1 heterocycles. The number of halogens is 1. The van der Waals surface area contributed by atoms with Crippen LogP contribution in [0.4, 0.5) is 5.69 Å². The largest absolute Gasteiger partial charge is 0.337 e. The van der Waals surface area contributed by atoms with Gasteiger partial charge in [0.1, 0.15) is 0 Å². The molecule has 0 aromatic heterocycles. The van der Waals surface area contributed by atoms with Crippen LogP contribution in [-0.4, -0.2) is 46.8 Å². The fraction of sp³-hybridized carbons (Fsp3) is 0.350. The summed E-state index contributed by atoms with van der Waals surface area (Å²) < 4.78 is 0. The van der Waals surface area contributed by atoms with Gasteiger partial charge in [-0.15, -0.1) is 0 Å². The van der Waals surface area contributed by atoms with Crippen molar-refractivity contribution in [2.75, 3.05) is 26.2 Å². The minimum absolute atomic E-state index is 0.0385. The molecule has 2 aromatic carbocycles. The van der Waals surface area contributed by atoms with E-state index in [1.54, 1.807) is 19.1 Å². The van der Waals surface area contributed by atoms with Gasteiger partial charge in [0.05, 0.1) is 4.92 Å². The Labute approximate surface area is 163 Å². The molecule has 1 saturated heterocycles. The number of carbonyl (C=O) groups excluding carboxylic acids is 1. The molecular formula is C20H22ClN3O3. The standard InChI is InChI=1S/C20H22ClN3O3/c1-15-13-17(5-8-19(15)24(26)27)20(25)23-10-2-9-22(11-12-23)14-16-3-6-18(21)7-4-16/h3-8,13H,2,9-12,14H2,1H3. The van der Waals surface area contributed by atoms with Crippen LogP contribution < -0.4 is 0 Å². The second-order valence-electron chi connectivity index (χ2n) is 6.81. The molecule has 7 heteroatoms. The van der Waals surface area contributed by atoms with E-state index in [2.05, 4.69) is 4.90 Å².